The van der Waals surface area contributed by atoms with Crippen LogP contribution in [0.4, 0.5) is 0 Å². The van der Waals surface area contributed by atoms with E-state index in [-0.39, 0.29) is 35.8 Å². The third-order valence-electron chi connectivity index (χ3n) is 4.06. The van der Waals surface area contributed by atoms with Gasteiger partial charge in [0.15, 0.2) is 15.8 Å². The lowest BCUT2D eigenvalue weighted by atomic mass is 10.3. The minimum absolute atomic E-state index is 0. The number of hydrogen-bond acceptors (Lipinski definition) is 5. The summed E-state index contributed by atoms with van der Waals surface area (Å²) in [4.78, 5) is 4.51. The maximum absolute atomic E-state index is 12.2. The number of guanidine groups is 1. The van der Waals surface area contributed by atoms with E-state index in [4.69, 9.17) is 9.47 Å². The van der Waals surface area contributed by atoms with Crippen molar-refractivity contribution >= 4 is 39.8 Å². The van der Waals surface area contributed by atoms with Crippen LogP contribution in [0.1, 0.15) is 19.3 Å². The highest BCUT2D eigenvalue weighted by atomic mass is 127. The van der Waals surface area contributed by atoms with Crippen molar-refractivity contribution in [2.45, 2.75) is 30.3 Å². The Hall–Kier alpha value is -0.910. The molecule has 0 bridgehead atoms. The molecule has 1 aromatic carbocycles. The molecule has 0 aromatic heterocycles. The van der Waals surface area contributed by atoms with Gasteiger partial charge in [-0.05, 0) is 31.4 Å². The first kappa shape index (κ1) is 24.1. The Balaban J connectivity index is 0.00000364. The lowest BCUT2D eigenvalue weighted by Gasteiger charge is -2.13. The third-order valence-corrected chi connectivity index (χ3v) is 5.88. The second-order valence-electron chi connectivity index (χ2n) is 6.12. The topological polar surface area (TPSA) is 89.0 Å². The van der Waals surface area contributed by atoms with E-state index in [0.29, 0.717) is 37.0 Å². The van der Waals surface area contributed by atoms with E-state index in [1.54, 1.807) is 31.3 Å². The van der Waals surface area contributed by atoms with Crippen LogP contribution in [-0.4, -0.2) is 66.2 Å². The molecular formula is C18H30IN3O4S. The van der Waals surface area contributed by atoms with Crippen LogP contribution in [-0.2, 0) is 19.3 Å². The fourth-order valence-corrected chi connectivity index (χ4v) is 3.94. The number of ether oxygens (including phenoxy) is 2. The summed E-state index contributed by atoms with van der Waals surface area (Å²) < 4.78 is 35.4. The minimum atomic E-state index is -3.22. The van der Waals surface area contributed by atoms with Gasteiger partial charge >= 0.3 is 0 Å². The lowest BCUT2D eigenvalue weighted by Crippen LogP contribution is -2.39. The average molecular weight is 511 g/mol. The van der Waals surface area contributed by atoms with E-state index < -0.39 is 9.84 Å². The molecule has 1 heterocycles. The summed E-state index contributed by atoms with van der Waals surface area (Å²) in [6.45, 7) is 3.46. The molecule has 9 heteroatoms. The van der Waals surface area contributed by atoms with E-state index in [1.165, 1.54) is 0 Å². The molecule has 27 heavy (non-hydrogen) atoms. The van der Waals surface area contributed by atoms with Crippen molar-refractivity contribution in [1.29, 1.82) is 0 Å². The van der Waals surface area contributed by atoms with Crippen LogP contribution in [0.15, 0.2) is 40.2 Å². The lowest BCUT2D eigenvalue weighted by molar-refractivity contribution is 0.0420. The molecule has 1 unspecified atom stereocenters. The van der Waals surface area contributed by atoms with Crippen molar-refractivity contribution in [3.05, 3.63) is 30.3 Å². The van der Waals surface area contributed by atoms with Crippen molar-refractivity contribution in [3.8, 4) is 0 Å². The molecule has 7 nitrogen and oxygen atoms in total. The predicted octanol–water partition coefficient (Wildman–Crippen LogP) is 1.83. The number of nitrogens with zero attached hydrogens (tertiary/aromatic N) is 1. The first-order valence-electron chi connectivity index (χ1n) is 9.03. The molecule has 0 saturated carbocycles. The Kier molecular flexibility index (Phi) is 11.9. The van der Waals surface area contributed by atoms with Gasteiger partial charge in [-0.1, -0.05) is 18.2 Å². The van der Waals surface area contributed by atoms with E-state index in [9.17, 15) is 8.42 Å². The van der Waals surface area contributed by atoms with Crippen molar-refractivity contribution in [3.63, 3.8) is 0 Å². The highest BCUT2D eigenvalue weighted by molar-refractivity contribution is 14.0. The van der Waals surface area contributed by atoms with Crippen LogP contribution >= 0.6 is 24.0 Å². The molecule has 1 fully saturated rings. The Morgan fingerprint density at radius 3 is 2.56 bits per heavy atom. The molecule has 0 spiro atoms. The monoisotopic (exact) mass is 511 g/mol. The number of nitrogens with one attached hydrogen (secondary N) is 2. The number of benzene rings is 1. The van der Waals surface area contributed by atoms with Crippen molar-refractivity contribution < 1.29 is 17.9 Å². The van der Waals surface area contributed by atoms with E-state index in [0.717, 1.165) is 26.0 Å². The van der Waals surface area contributed by atoms with Gasteiger partial charge in [0.05, 0.1) is 23.4 Å². The zero-order chi connectivity index (χ0) is 18.7. The third kappa shape index (κ3) is 9.22. The van der Waals surface area contributed by atoms with Crippen LogP contribution in [0, 0.1) is 0 Å². The quantitative estimate of drug-likeness (QED) is 0.216. The highest BCUT2D eigenvalue weighted by Crippen LogP contribution is 2.10. The van der Waals surface area contributed by atoms with Gasteiger partial charge in [-0.3, -0.25) is 4.99 Å². The van der Waals surface area contributed by atoms with Gasteiger partial charge in [0.1, 0.15) is 0 Å². The summed E-state index contributed by atoms with van der Waals surface area (Å²) >= 11 is 0. The molecule has 154 valence electrons. The molecule has 1 aliphatic heterocycles. The number of rotatable bonds is 10. The second kappa shape index (κ2) is 13.3. The van der Waals surface area contributed by atoms with Gasteiger partial charge in [0.2, 0.25) is 0 Å². The molecule has 0 radical (unpaired) electrons. The Morgan fingerprint density at radius 1 is 1.22 bits per heavy atom. The van der Waals surface area contributed by atoms with Crippen molar-refractivity contribution in [2.75, 3.05) is 45.7 Å². The zero-order valence-electron chi connectivity index (χ0n) is 15.7. The largest absolute Gasteiger partial charge is 0.379 e. The minimum Gasteiger partial charge on any atom is -0.379 e. The SMILES string of the molecule is CN=C(NCCCOC1CCOC1)NCCCS(=O)(=O)c1ccccc1.I. The highest BCUT2D eigenvalue weighted by Gasteiger charge is 2.15. The van der Waals surface area contributed by atoms with Gasteiger partial charge in [-0.25, -0.2) is 8.42 Å². The zero-order valence-corrected chi connectivity index (χ0v) is 18.9. The molecule has 0 aliphatic carbocycles. The summed E-state index contributed by atoms with van der Waals surface area (Å²) in [5, 5.41) is 6.34. The van der Waals surface area contributed by atoms with E-state index in [1.807, 2.05) is 6.07 Å². The normalized spacial score (nSPS) is 17.4. The van der Waals surface area contributed by atoms with Crippen LogP contribution in [0.3, 0.4) is 0 Å². The molecule has 1 saturated heterocycles. The first-order chi connectivity index (χ1) is 12.6. The molecule has 1 aliphatic rings. The molecule has 1 aromatic rings. The Bertz CT molecular complexity index is 650. The first-order valence-corrected chi connectivity index (χ1v) is 10.7. The molecular weight excluding hydrogens is 481 g/mol. The number of halogens is 1. The number of sulfone groups is 1. The molecule has 2 N–H and O–H groups in total. The summed E-state index contributed by atoms with van der Waals surface area (Å²) in [5.41, 5.74) is 0. The van der Waals surface area contributed by atoms with Crippen LogP contribution in [0.2, 0.25) is 0 Å². The van der Waals surface area contributed by atoms with E-state index >= 15 is 0 Å². The van der Waals surface area contributed by atoms with Crippen LogP contribution in [0.25, 0.3) is 0 Å². The van der Waals surface area contributed by atoms with Crippen LogP contribution < -0.4 is 10.6 Å². The average Bonchev–Trinajstić information content (AvgIpc) is 3.17. The van der Waals surface area contributed by atoms with Gasteiger partial charge < -0.3 is 20.1 Å². The number of aliphatic imine (C=N–C) groups is 1. The maximum Gasteiger partial charge on any atom is 0.190 e. The fourth-order valence-electron chi connectivity index (χ4n) is 2.61. The second-order valence-corrected chi connectivity index (χ2v) is 8.23. The molecule has 2 rings (SSSR count). The molecule has 1 atom stereocenters. The summed E-state index contributed by atoms with van der Waals surface area (Å²) in [6, 6.07) is 8.54. The Morgan fingerprint density at radius 2 is 1.93 bits per heavy atom. The van der Waals surface area contributed by atoms with Gasteiger partial charge in [0.25, 0.3) is 0 Å². The van der Waals surface area contributed by atoms with Gasteiger partial charge in [-0.2, -0.15) is 0 Å². The van der Waals surface area contributed by atoms with Crippen molar-refractivity contribution in [1.82, 2.24) is 10.6 Å². The summed E-state index contributed by atoms with van der Waals surface area (Å²) in [6.07, 6.45) is 2.60. The summed E-state index contributed by atoms with van der Waals surface area (Å²) in [7, 11) is -1.53. The maximum atomic E-state index is 12.2. The van der Waals surface area contributed by atoms with E-state index in [2.05, 4.69) is 15.6 Å². The van der Waals surface area contributed by atoms with Crippen molar-refractivity contribution in [2.24, 2.45) is 4.99 Å². The molecule has 0 amide bonds. The standard InChI is InChI=1S/C18H29N3O4S.HI/c1-19-18(20-10-5-12-25-16-9-13-24-15-16)21-11-6-14-26(22,23)17-7-3-2-4-8-17;/h2-4,7-8,16H,5-6,9-15H2,1H3,(H2,19,20,21);1H. The van der Waals surface area contributed by atoms with Crippen LogP contribution in [0.5, 0.6) is 0 Å². The summed E-state index contributed by atoms with van der Waals surface area (Å²) in [5.74, 6) is 0.782. The fraction of sp³-hybridized carbons (Fsp3) is 0.611. The van der Waals surface area contributed by atoms with Gasteiger partial charge in [0, 0.05) is 33.4 Å². The Labute approximate surface area is 179 Å². The number of hydrogen-bond donors (Lipinski definition) is 2. The van der Waals surface area contributed by atoms with Gasteiger partial charge in [-0.15, -0.1) is 24.0 Å². The smallest absolute Gasteiger partial charge is 0.190 e. The predicted molar refractivity (Wildman–Crippen MR) is 118 cm³/mol.